The lowest BCUT2D eigenvalue weighted by molar-refractivity contribution is -0.130. The fraction of sp³-hybridized carbons (Fsp3) is 0.231. The number of hydrogen-bond donors (Lipinski definition) is 2. The van der Waals surface area contributed by atoms with E-state index >= 15 is 0 Å². The normalized spacial score (nSPS) is 13.3. The molecule has 2 aromatic rings. The van der Waals surface area contributed by atoms with Crippen LogP contribution in [0.15, 0.2) is 36.7 Å². The number of halogens is 3. The molecule has 0 aliphatic carbocycles. The van der Waals surface area contributed by atoms with E-state index < -0.39 is 24.7 Å². The molecule has 2 rings (SSSR count). The van der Waals surface area contributed by atoms with Crippen LogP contribution in [0.1, 0.15) is 11.6 Å². The summed E-state index contributed by atoms with van der Waals surface area (Å²) >= 11 is 0. The van der Waals surface area contributed by atoms with Crippen molar-refractivity contribution in [2.45, 2.75) is 12.2 Å². The highest BCUT2D eigenvalue weighted by Crippen LogP contribution is 2.24. The second-order valence-electron chi connectivity index (χ2n) is 4.28. The van der Waals surface area contributed by atoms with Crippen LogP contribution in [0.2, 0.25) is 0 Å². The average Bonchev–Trinajstić information content (AvgIpc) is 2.37. The lowest BCUT2D eigenvalue weighted by Gasteiger charge is -2.18. The van der Waals surface area contributed by atoms with Gasteiger partial charge in [-0.2, -0.15) is 13.2 Å². The maximum atomic E-state index is 12.3. The third-order valence-corrected chi connectivity index (χ3v) is 2.80. The molecule has 1 unspecified atom stereocenters. The number of carbonyl (C=O) groups is 1. The first kappa shape index (κ1) is 14.3. The molecule has 0 radical (unpaired) electrons. The lowest BCUT2D eigenvalue weighted by atomic mass is 10.0. The molecule has 1 heterocycles. The summed E-state index contributed by atoms with van der Waals surface area (Å²) in [5.74, 6) is -0.882. The van der Waals surface area contributed by atoms with E-state index in [1.54, 1.807) is 30.5 Å². The van der Waals surface area contributed by atoms with Gasteiger partial charge in [0.15, 0.2) is 0 Å². The molecule has 1 aromatic heterocycles. The summed E-state index contributed by atoms with van der Waals surface area (Å²) in [5.41, 5.74) is 5.53. The first-order chi connectivity index (χ1) is 9.38. The molecule has 1 atom stereocenters. The molecule has 0 saturated carbocycles. The summed E-state index contributed by atoms with van der Waals surface area (Å²) in [4.78, 5) is 15.4. The Balaban J connectivity index is 2.39. The largest absolute Gasteiger partial charge is 0.401 e. The van der Waals surface area contributed by atoms with Crippen molar-refractivity contribution < 1.29 is 18.0 Å². The molecule has 0 aliphatic rings. The number of amides is 1. The number of nitrogens with zero attached hydrogens (tertiary/aromatic N) is 1. The van der Waals surface area contributed by atoms with Crippen LogP contribution in [0.25, 0.3) is 10.8 Å². The van der Waals surface area contributed by atoms with Gasteiger partial charge in [0, 0.05) is 23.3 Å². The SMILES string of the molecule is NC(=O)C(NCC(F)(F)F)c1cncc2ccccc12. The van der Waals surface area contributed by atoms with Crippen LogP contribution in [0.3, 0.4) is 0 Å². The van der Waals surface area contributed by atoms with Crippen molar-refractivity contribution in [3.05, 3.63) is 42.2 Å². The monoisotopic (exact) mass is 283 g/mol. The third kappa shape index (κ3) is 3.24. The average molecular weight is 283 g/mol. The minimum absolute atomic E-state index is 0.333. The maximum Gasteiger partial charge on any atom is 0.401 e. The number of fused-ring (bicyclic) bond motifs is 1. The smallest absolute Gasteiger partial charge is 0.368 e. The minimum Gasteiger partial charge on any atom is -0.368 e. The van der Waals surface area contributed by atoms with Gasteiger partial charge in [-0.25, -0.2) is 0 Å². The number of nitrogens with two attached hydrogens (primary N) is 1. The number of rotatable bonds is 4. The molecule has 0 bridgehead atoms. The molecule has 106 valence electrons. The van der Waals surface area contributed by atoms with E-state index in [4.69, 9.17) is 5.73 Å². The predicted molar refractivity (Wildman–Crippen MR) is 67.7 cm³/mol. The van der Waals surface area contributed by atoms with Crippen molar-refractivity contribution in [1.29, 1.82) is 0 Å². The van der Waals surface area contributed by atoms with Gasteiger partial charge in [0.25, 0.3) is 0 Å². The summed E-state index contributed by atoms with van der Waals surface area (Å²) in [6.07, 6.45) is -1.51. The van der Waals surface area contributed by atoms with E-state index in [2.05, 4.69) is 10.3 Å². The maximum absolute atomic E-state index is 12.3. The van der Waals surface area contributed by atoms with Crippen LogP contribution >= 0.6 is 0 Å². The number of primary amides is 1. The third-order valence-electron chi connectivity index (χ3n) is 2.80. The van der Waals surface area contributed by atoms with Gasteiger partial charge < -0.3 is 5.73 Å². The van der Waals surface area contributed by atoms with E-state index in [1.807, 2.05) is 0 Å². The zero-order chi connectivity index (χ0) is 14.8. The standard InChI is InChI=1S/C13H12F3N3O/c14-13(15,16)7-19-11(12(17)20)10-6-18-5-8-3-1-2-4-9(8)10/h1-6,11,19H,7H2,(H2,17,20). The first-order valence-corrected chi connectivity index (χ1v) is 5.80. The molecule has 0 fully saturated rings. The molecule has 20 heavy (non-hydrogen) atoms. The van der Waals surface area contributed by atoms with Crippen molar-refractivity contribution in [1.82, 2.24) is 10.3 Å². The van der Waals surface area contributed by atoms with Gasteiger partial charge in [0.05, 0.1) is 6.54 Å². The fourth-order valence-corrected chi connectivity index (χ4v) is 1.95. The van der Waals surface area contributed by atoms with Gasteiger partial charge in [-0.1, -0.05) is 24.3 Å². The van der Waals surface area contributed by atoms with Gasteiger partial charge in [0.1, 0.15) is 6.04 Å². The number of alkyl halides is 3. The quantitative estimate of drug-likeness (QED) is 0.900. The van der Waals surface area contributed by atoms with Crippen LogP contribution in [-0.4, -0.2) is 23.6 Å². The Bertz CT molecular complexity index is 622. The molecule has 0 saturated heterocycles. The van der Waals surface area contributed by atoms with Crippen LogP contribution in [0, 0.1) is 0 Å². The highest BCUT2D eigenvalue weighted by Gasteiger charge is 2.30. The van der Waals surface area contributed by atoms with Crippen LogP contribution in [0.5, 0.6) is 0 Å². The first-order valence-electron chi connectivity index (χ1n) is 5.80. The Hall–Kier alpha value is -2.15. The van der Waals surface area contributed by atoms with Crippen LogP contribution in [-0.2, 0) is 4.79 Å². The Morgan fingerprint density at radius 3 is 2.65 bits per heavy atom. The molecule has 1 aromatic carbocycles. The van der Waals surface area contributed by atoms with Gasteiger partial charge in [0.2, 0.25) is 5.91 Å². The van der Waals surface area contributed by atoms with E-state index in [9.17, 15) is 18.0 Å². The zero-order valence-electron chi connectivity index (χ0n) is 10.3. The summed E-state index contributed by atoms with van der Waals surface area (Å²) in [7, 11) is 0. The molecule has 3 N–H and O–H groups in total. The van der Waals surface area contributed by atoms with Crippen molar-refractivity contribution in [3.8, 4) is 0 Å². The number of pyridine rings is 1. The number of benzene rings is 1. The Morgan fingerprint density at radius 1 is 1.30 bits per heavy atom. The minimum atomic E-state index is -4.42. The Kier molecular flexibility index (Phi) is 3.89. The van der Waals surface area contributed by atoms with E-state index in [-0.39, 0.29) is 0 Å². The summed E-state index contributed by atoms with van der Waals surface area (Å²) in [5, 5.41) is 3.49. The Morgan fingerprint density at radius 2 is 2.00 bits per heavy atom. The fourth-order valence-electron chi connectivity index (χ4n) is 1.95. The van der Waals surface area contributed by atoms with Gasteiger partial charge in [-0.05, 0) is 5.39 Å². The highest BCUT2D eigenvalue weighted by molar-refractivity contribution is 5.91. The number of nitrogens with one attached hydrogen (secondary N) is 1. The van der Waals surface area contributed by atoms with Crippen LogP contribution in [0.4, 0.5) is 13.2 Å². The molecule has 0 aliphatic heterocycles. The second-order valence-corrected chi connectivity index (χ2v) is 4.28. The number of carbonyl (C=O) groups excluding carboxylic acids is 1. The predicted octanol–water partition coefficient (Wildman–Crippen LogP) is 1.91. The highest BCUT2D eigenvalue weighted by atomic mass is 19.4. The van der Waals surface area contributed by atoms with Crippen molar-refractivity contribution in [3.63, 3.8) is 0 Å². The van der Waals surface area contributed by atoms with Crippen LogP contribution < -0.4 is 11.1 Å². The molecule has 1 amide bonds. The van der Waals surface area contributed by atoms with Crippen molar-refractivity contribution >= 4 is 16.7 Å². The van der Waals surface area contributed by atoms with Crippen molar-refractivity contribution in [2.24, 2.45) is 5.73 Å². The summed E-state index contributed by atoms with van der Waals surface area (Å²) in [6, 6.07) is 5.73. The summed E-state index contributed by atoms with van der Waals surface area (Å²) in [6.45, 7) is -1.30. The lowest BCUT2D eigenvalue weighted by Crippen LogP contribution is -2.39. The number of aromatic nitrogens is 1. The number of hydrogen-bond acceptors (Lipinski definition) is 3. The van der Waals surface area contributed by atoms with Gasteiger partial charge in [-0.15, -0.1) is 0 Å². The summed E-state index contributed by atoms with van der Waals surface area (Å²) < 4.78 is 36.8. The van der Waals surface area contributed by atoms with E-state index in [1.165, 1.54) is 6.20 Å². The van der Waals surface area contributed by atoms with Gasteiger partial charge >= 0.3 is 6.18 Å². The second kappa shape index (κ2) is 5.46. The van der Waals surface area contributed by atoms with E-state index in [0.29, 0.717) is 10.9 Å². The molecular weight excluding hydrogens is 271 g/mol. The molecule has 0 spiro atoms. The zero-order valence-corrected chi connectivity index (χ0v) is 10.3. The topological polar surface area (TPSA) is 68.0 Å². The Labute approximate surface area is 112 Å². The van der Waals surface area contributed by atoms with E-state index in [0.717, 1.165) is 5.39 Å². The molecule has 7 heteroatoms. The molecular formula is C13H12F3N3O. The van der Waals surface area contributed by atoms with Gasteiger partial charge in [-0.3, -0.25) is 15.1 Å². The van der Waals surface area contributed by atoms with Crippen molar-refractivity contribution in [2.75, 3.05) is 6.54 Å². The molecule has 4 nitrogen and oxygen atoms in total.